The van der Waals surface area contributed by atoms with Crippen molar-refractivity contribution in [2.24, 2.45) is 11.3 Å². The van der Waals surface area contributed by atoms with Gasteiger partial charge in [0.2, 0.25) is 5.56 Å². The van der Waals surface area contributed by atoms with E-state index in [4.69, 9.17) is 9.47 Å². The first kappa shape index (κ1) is 21.3. The lowest BCUT2D eigenvalue weighted by molar-refractivity contribution is -0.129. The maximum Gasteiger partial charge on any atom is 0.270 e. The van der Waals surface area contributed by atoms with Crippen LogP contribution >= 0.6 is 0 Å². The summed E-state index contributed by atoms with van der Waals surface area (Å²) in [7, 11) is 1.73. The molecule has 4 aliphatic heterocycles. The number of methoxy groups -OCH3 is 1. The summed E-state index contributed by atoms with van der Waals surface area (Å²) in [5.41, 5.74) is 2.94. The SMILES string of the molecule is COc1ccc2c3c1O[C@H]1[C@H]4CC[C@@]5(CCN4C(=O)c4cccc(=O)[nH]4)[C@@H](C2)N(CC2CC2)CC[C@]315. The molecule has 1 N–H and O–H groups in total. The Hall–Kier alpha value is -2.80. The Morgan fingerprint density at radius 1 is 1.14 bits per heavy atom. The van der Waals surface area contributed by atoms with Gasteiger partial charge in [-0.25, -0.2) is 0 Å². The number of carbonyl (C=O) groups is 1. The van der Waals surface area contributed by atoms with Gasteiger partial charge >= 0.3 is 0 Å². The number of pyridine rings is 1. The minimum Gasteiger partial charge on any atom is -0.493 e. The van der Waals surface area contributed by atoms with Crippen LogP contribution in [0, 0.1) is 11.3 Å². The van der Waals surface area contributed by atoms with Gasteiger partial charge in [-0.15, -0.1) is 0 Å². The van der Waals surface area contributed by atoms with Crippen LogP contribution in [0.3, 0.4) is 0 Å². The van der Waals surface area contributed by atoms with E-state index in [0.29, 0.717) is 18.3 Å². The van der Waals surface area contributed by atoms with Gasteiger partial charge < -0.3 is 19.4 Å². The van der Waals surface area contributed by atoms with Crippen molar-refractivity contribution < 1.29 is 14.3 Å². The van der Waals surface area contributed by atoms with Crippen LogP contribution in [0.25, 0.3) is 0 Å². The number of carbonyl (C=O) groups excluding carboxylic acids is 1. The van der Waals surface area contributed by atoms with Crippen molar-refractivity contribution in [3.63, 3.8) is 0 Å². The number of ether oxygens (including phenoxy) is 2. The molecule has 7 heteroatoms. The van der Waals surface area contributed by atoms with Gasteiger partial charge in [-0.3, -0.25) is 14.5 Å². The van der Waals surface area contributed by atoms with Gasteiger partial charge in [0, 0.05) is 41.6 Å². The molecular formula is C29H33N3O4. The molecule has 188 valence electrons. The fourth-order valence-corrected chi connectivity index (χ4v) is 9.12. The molecule has 36 heavy (non-hydrogen) atoms. The third kappa shape index (κ3) is 2.52. The topological polar surface area (TPSA) is 74.9 Å². The maximum absolute atomic E-state index is 13.9. The molecule has 1 aromatic carbocycles. The number of rotatable bonds is 4. The second kappa shape index (κ2) is 7.15. The fourth-order valence-electron chi connectivity index (χ4n) is 9.12. The van der Waals surface area contributed by atoms with E-state index in [1.165, 1.54) is 36.6 Å². The molecule has 5 heterocycles. The second-order valence-electron chi connectivity index (χ2n) is 12.0. The molecule has 2 spiro atoms. The van der Waals surface area contributed by atoms with Crippen molar-refractivity contribution in [3.8, 4) is 11.5 Å². The molecule has 0 radical (unpaired) electrons. The minimum atomic E-state index is -0.240. The van der Waals surface area contributed by atoms with E-state index in [1.807, 2.05) is 4.90 Å². The van der Waals surface area contributed by atoms with Crippen LogP contribution in [0.1, 0.15) is 60.1 Å². The summed E-state index contributed by atoms with van der Waals surface area (Å²) in [4.78, 5) is 33.5. The van der Waals surface area contributed by atoms with E-state index in [-0.39, 0.29) is 34.4 Å². The van der Waals surface area contributed by atoms with Gasteiger partial charge in [0.25, 0.3) is 5.91 Å². The molecule has 5 fully saturated rings. The Kier molecular flexibility index (Phi) is 4.23. The Balaban J connectivity index is 1.30. The zero-order valence-electron chi connectivity index (χ0n) is 20.8. The highest BCUT2D eigenvalue weighted by atomic mass is 16.5. The number of nitrogens with one attached hydrogen (secondary N) is 1. The zero-order chi connectivity index (χ0) is 24.2. The summed E-state index contributed by atoms with van der Waals surface area (Å²) in [5, 5.41) is 0. The monoisotopic (exact) mass is 487 g/mol. The Bertz CT molecular complexity index is 1330. The molecule has 7 nitrogen and oxygen atoms in total. The number of aromatic amines is 1. The molecule has 2 saturated carbocycles. The number of aromatic nitrogens is 1. The van der Waals surface area contributed by atoms with Crippen LogP contribution in [-0.4, -0.2) is 65.6 Å². The lowest BCUT2D eigenvalue weighted by Gasteiger charge is -2.66. The molecule has 9 rings (SSSR count). The van der Waals surface area contributed by atoms with Crippen molar-refractivity contribution >= 4 is 5.91 Å². The van der Waals surface area contributed by atoms with Gasteiger partial charge in [0.1, 0.15) is 11.8 Å². The summed E-state index contributed by atoms with van der Waals surface area (Å²) in [6.45, 7) is 3.03. The van der Waals surface area contributed by atoms with E-state index in [2.05, 4.69) is 22.0 Å². The van der Waals surface area contributed by atoms with Crippen molar-refractivity contribution in [1.82, 2.24) is 14.8 Å². The largest absolute Gasteiger partial charge is 0.493 e. The number of H-pyrrole nitrogens is 1. The predicted molar refractivity (Wildman–Crippen MR) is 134 cm³/mol. The third-order valence-electron chi connectivity index (χ3n) is 10.7. The van der Waals surface area contributed by atoms with Crippen LogP contribution in [0.5, 0.6) is 11.5 Å². The van der Waals surface area contributed by atoms with Crippen molar-refractivity contribution in [2.45, 2.75) is 68.5 Å². The Morgan fingerprint density at radius 3 is 2.83 bits per heavy atom. The highest BCUT2D eigenvalue weighted by Crippen LogP contribution is 2.71. The van der Waals surface area contributed by atoms with Gasteiger partial charge in [-0.2, -0.15) is 0 Å². The molecule has 4 bridgehead atoms. The lowest BCUT2D eigenvalue weighted by atomic mass is 9.42. The quantitative estimate of drug-likeness (QED) is 0.717. The number of benzene rings is 1. The number of hydrogen-bond donors (Lipinski definition) is 1. The molecule has 5 atom stereocenters. The maximum atomic E-state index is 13.9. The van der Waals surface area contributed by atoms with E-state index in [1.54, 1.807) is 19.2 Å². The molecule has 7 aliphatic rings. The van der Waals surface area contributed by atoms with Crippen LogP contribution in [-0.2, 0) is 11.8 Å². The molecule has 0 unspecified atom stereocenters. The minimum absolute atomic E-state index is 0.0180. The number of hydrogen-bond acceptors (Lipinski definition) is 5. The summed E-state index contributed by atoms with van der Waals surface area (Å²) >= 11 is 0. The normalized spacial score (nSPS) is 35.7. The second-order valence-corrected chi connectivity index (χ2v) is 12.0. The van der Waals surface area contributed by atoms with E-state index in [9.17, 15) is 9.59 Å². The van der Waals surface area contributed by atoms with Gasteiger partial charge in [0.05, 0.1) is 13.2 Å². The first-order chi connectivity index (χ1) is 17.6. The molecule has 3 saturated heterocycles. The fraction of sp³-hybridized carbons (Fsp3) is 0.586. The standard InChI is InChI=1S/C29H33N3O4/c1-35-21-8-7-18-15-22-28-10-9-20(32(14-11-28)27(34)19-3-2-4-23(33)30-19)26-29(28,24(18)25(21)36-26)12-13-31(22)16-17-5-6-17/h2-4,7-8,17,20,22,26H,5-6,9-16H2,1H3,(H,30,33)/t20-,22-,26+,28-,29+/m1/s1. The molecule has 3 aliphatic carbocycles. The van der Waals surface area contributed by atoms with Crippen LogP contribution in [0.2, 0.25) is 0 Å². The summed E-state index contributed by atoms with van der Waals surface area (Å²) in [5.74, 6) is 2.51. The molecule has 1 amide bonds. The number of nitrogens with zero attached hydrogens (tertiary/aromatic N) is 2. The predicted octanol–water partition coefficient (Wildman–Crippen LogP) is 3.12. The molecular weight excluding hydrogens is 454 g/mol. The Labute approximate surface area is 210 Å². The average molecular weight is 488 g/mol. The molecule has 2 aromatic rings. The Morgan fingerprint density at radius 2 is 2.03 bits per heavy atom. The van der Waals surface area contributed by atoms with Crippen LogP contribution < -0.4 is 15.0 Å². The van der Waals surface area contributed by atoms with Crippen molar-refractivity contribution in [2.75, 3.05) is 26.7 Å². The summed E-state index contributed by atoms with van der Waals surface area (Å²) < 4.78 is 12.8. The smallest absolute Gasteiger partial charge is 0.270 e. The zero-order valence-corrected chi connectivity index (χ0v) is 20.8. The number of likely N-dealkylation sites (tertiary alicyclic amines) is 1. The highest BCUT2D eigenvalue weighted by molar-refractivity contribution is 5.92. The average Bonchev–Trinajstić information content (AvgIpc) is 3.68. The van der Waals surface area contributed by atoms with Gasteiger partial charge in [-0.05, 0) is 75.1 Å². The summed E-state index contributed by atoms with van der Waals surface area (Å²) in [6, 6.07) is 9.68. The lowest BCUT2D eigenvalue weighted by Crippen LogP contribution is -2.72. The number of amides is 1. The highest BCUT2D eigenvalue weighted by Gasteiger charge is 2.74. The summed E-state index contributed by atoms with van der Waals surface area (Å²) in [6.07, 6.45) is 7.83. The van der Waals surface area contributed by atoms with Gasteiger partial charge in [0.15, 0.2) is 11.5 Å². The van der Waals surface area contributed by atoms with Crippen LogP contribution in [0.15, 0.2) is 35.1 Å². The number of fused-ring (bicyclic) bond motifs is 3. The first-order valence-corrected chi connectivity index (χ1v) is 13.7. The van der Waals surface area contributed by atoms with E-state index >= 15 is 0 Å². The first-order valence-electron chi connectivity index (χ1n) is 13.7. The van der Waals surface area contributed by atoms with Crippen molar-refractivity contribution in [1.29, 1.82) is 0 Å². The third-order valence-corrected chi connectivity index (χ3v) is 10.7. The van der Waals surface area contributed by atoms with E-state index < -0.39 is 0 Å². The van der Waals surface area contributed by atoms with Crippen LogP contribution in [0.4, 0.5) is 0 Å². The molecule has 1 aromatic heterocycles. The van der Waals surface area contributed by atoms with E-state index in [0.717, 1.165) is 56.1 Å². The van der Waals surface area contributed by atoms with Crippen molar-refractivity contribution in [3.05, 3.63) is 57.5 Å². The van der Waals surface area contributed by atoms with Gasteiger partial charge in [-0.1, -0.05) is 12.1 Å². The number of piperidine rings is 1.